The molecule has 0 radical (unpaired) electrons. The van der Waals surface area contributed by atoms with Crippen molar-refractivity contribution in [3.63, 3.8) is 0 Å². The summed E-state index contributed by atoms with van der Waals surface area (Å²) in [5.74, 6) is -0.712. The molecular weight excluding hydrogens is 421 g/mol. The molecule has 5 nitrogen and oxygen atoms in total. The highest BCUT2D eigenvalue weighted by molar-refractivity contribution is 6.31. The van der Waals surface area contributed by atoms with E-state index in [2.05, 4.69) is 10.6 Å². The summed E-state index contributed by atoms with van der Waals surface area (Å²) in [5.41, 5.74) is 2.52. The van der Waals surface area contributed by atoms with E-state index in [4.69, 9.17) is 23.2 Å². The molecule has 3 aromatic rings. The zero-order valence-electron chi connectivity index (χ0n) is 16.5. The summed E-state index contributed by atoms with van der Waals surface area (Å²) >= 11 is 12.0. The van der Waals surface area contributed by atoms with Crippen LogP contribution >= 0.6 is 23.2 Å². The van der Waals surface area contributed by atoms with Crippen LogP contribution in [0, 0.1) is 0 Å². The van der Waals surface area contributed by atoms with Crippen LogP contribution in [0.4, 0.5) is 5.69 Å². The molecule has 0 saturated heterocycles. The van der Waals surface area contributed by atoms with Gasteiger partial charge in [0.2, 0.25) is 0 Å². The summed E-state index contributed by atoms with van der Waals surface area (Å²) in [4.78, 5) is 27.5. The first kappa shape index (κ1) is 21.7. The van der Waals surface area contributed by atoms with E-state index >= 15 is 0 Å². The molecule has 0 heterocycles. The number of benzene rings is 3. The van der Waals surface area contributed by atoms with Crippen molar-refractivity contribution >= 4 is 40.7 Å². The number of carbonyl (C=O) groups is 2. The van der Waals surface area contributed by atoms with Crippen molar-refractivity contribution in [2.24, 2.45) is 0 Å². The van der Waals surface area contributed by atoms with Gasteiger partial charge in [0.1, 0.15) is 6.17 Å². The molecule has 0 aliphatic heterocycles. The van der Waals surface area contributed by atoms with E-state index in [0.29, 0.717) is 21.2 Å². The van der Waals surface area contributed by atoms with E-state index in [9.17, 15) is 9.59 Å². The normalized spacial score (nSPS) is 10.6. The Bertz CT molecular complexity index is 993. The van der Waals surface area contributed by atoms with E-state index in [1.54, 1.807) is 48.5 Å². The van der Waals surface area contributed by atoms with Gasteiger partial charge in [-0.3, -0.25) is 9.59 Å². The van der Waals surface area contributed by atoms with E-state index < -0.39 is 6.17 Å². The summed E-state index contributed by atoms with van der Waals surface area (Å²) < 4.78 is 0. The summed E-state index contributed by atoms with van der Waals surface area (Å²) in [6, 6.07) is 20.8. The predicted molar refractivity (Wildman–Crippen MR) is 121 cm³/mol. The Morgan fingerprint density at radius 3 is 1.63 bits per heavy atom. The average molecular weight is 442 g/mol. The molecule has 0 atom stereocenters. The lowest BCUT2D eigenvalue weighted by atomic mass is 10.1. The SMILES string of the molecule is CN(C)c1ccc(C(NC(=O)c2cccc(Cl)c2)NC(=O)c2cccc(Cl)c2)cc1. The van der Waals surface area contributed by atoms with Gasteiger partial charge in [-0.1, -0.05) is 47.5 Å². The molecule has 30 heavy (non-hydrogen) atoms. The maximum Gasteiger partial charge on any atom is 0.253 e. The minimum absolute atomic E-state index is 0.356. The van der Waals surface area contributed by atoms with E-state index in [0.717, 1.165) is 11.3 Å². The van der Waals surface area contributed by atoms with Crippen LogP contribution in [-0.4, -0.2) is 25.9 Å². The first-order valence-electron chi connectivity index (χ1n) is 9.23. The third-order valence-corrected chi connectivity index (χ3v) is 4.94. The monoisotopic (exact) mass is 441 g/mol. The van der Waals surface area contributed by atoms with Gasteiger partial charge in [0, 0.05) is 41.0 Å². The zero-order chi connectivity index (χ0) is 21.7. The Morgan fingerprint density at radius 1 is 0.767 bits per heavy atom. The Balaban J connectivity index is 1.87. The highest BCUT2D eigenvalue weighted by Crippen LogP contribution is 2.19. The number of anilines is 1. The van der Waals surface area contributed by atoms with Crippen molar-refractivity contribution in [1.82, 2.24) is 10.6 Å². The topological polar surface area (TPSA) is 61.4 Å². The van der Waals surface area contributed by atoms with Crippen LogP contribution in [0.5, 0.6) is 0 Å². The Labute approximate surface area is 185 Å². The number of rotatable bonds is 6. The molecule has 0 fully saturated rings. The van der Waals surface area contributed by atoms with E-state index in [1.165, 1.54) is 0 Å². The second-order valence-corrected chi connectivity index (χ2v) is 7.76. The minimum Gasteiger partial charge on any atom is -0.378 e. The fraction of sp³-hybridized carbons (Fsp3) is 0.130. The first-order valence-corrected chi connectivity index (χ1v) is 9.99. The quantitative estimate of drug-likeness (QED) is 0.533. The number of hydrogen-bond acceptors (Lipinski definition) is 3. The molecule has 3 rings (SSSR count). The van der Waals surface area contributed by atoms with Crippen LogP contribution in [0.1, 0.15) is 32.4 Å². The number of halogens is 2. The van der Waals surface area contributed by atoms with Crippen LogP contribution in [0.15, 0.2) is 72.8 Å². The standard InChI is InChI=1S/C23H21Cl2N3O2/c1-28(2)20-11-9-15(10-12-20)21(26-22(29)16-5-3-7-18(24)13-16)27-23(30)17-6-4-8-19(25)14-17/h3-14,21H,1-2H3,(H,26,29)(H,27,30). The number of carbonyl (C=O) groups excluding carboxylic acids is 2. The lowest BCUT2D eigenvalue weighted by molar-refractivity contribution is 0.0883. The van der Waals surface area contributed by atoms with Gasteiger partial charge in [0.15, 0.2) is 0 Å². The van der Waals surface area contributed by atoms with Crippen LogP contribution in [0.3, 0.4) is 0 Å². The van der Waals surface area contributed by atoms with Crippen molar-refractivity contribution in [2.75, 3.05) is 19.0 Å². The summed E-state index contributed by atoms with van der Waals surface area (Å²) in [7, 11) is 3.88. The highest BCUT2D eigenvalue weighted by atomic mass is 35.5. The van der Waals surface area contributed by atoms with Gasteiger partial charge in [-0.2, -0.15) is 0 Å². The van der Waals surface area contributed by atoms with Crippen LogP contribution in [-0.2, 0) is 0 Å². The molecular formula is C23H21Cl2N3O2. The molecule has 7 heteroatoms. The lowest BCUT2D eigenvalue weighted by Gasteiger charge is -2.22. The Kier molecular flexibility index (Phi) is 6.98. The molecule has 0 aliphatic carbocycles. The summed E-state index contributed by atoms with van der Waals surface area (Å²) in [5, 5.41) is 6.64. The Morgan fingerprint density at radius 2 is 1.23 bits per heavy atom. The lowest BCUT2D eigenvalue weighted by Crippen LogP contribution is -2.41. The first-order chi connectivity index (χ1) is 14.3. The van der Waals surface area contributed by atoms with E-state index in [-0.39, 0.29) is 11.8 Å². The largest absolute Gasteiger partial charge is 0.378 e. The van der Waals surface area contributed by atoms with Gasteiger partial charge < -0.3 is 15.5 Å². The fourth-order valence-electron chi connectivity index (χ4n) is 2.86. The molecule has 0 aliphatic rings. The van der Waals surface area contributed by atoms with Gasteiger partial charge in [-0.25, -0.2) is 0 Å². The number of nitrogens with zero attached hydrogens (tertiary/aromatic N) is 1. The van der Waals surface area contributed by atoms with Crippen LogP contribution in [0.2, 0.25) is 10.0 Å². The van der Waals surface area contributed by atoms with Crippen molar-refractivity contribution in [3.05, 3.63) is 99.5 Å². The zero-order valence-corrected chi connectivity index (χ0v) is 18.0. The third kappa shape index (κ3) is 5.53. The van der Waals surface area contributed by atoms with Crippen molar-refractivity contribution < 1.29 is 9.59 Å². The molecule has 0 spiro atoms. The molecule has 0 saturated carbocycles. The van der Waals surface area contributed by atoms with Gasteiger partial charge in [0.05, 0.1) is 0 Å². The Hall–Kier alpha value is -3.02. The maximum absolute atomic E-state index is 12.8. The predicted octanol–water partition coefficient (Wildman–Crippen LogP) is 4.92. The highest BCUT2D eigenvalue weighted by Gasteiger charge is 2.19. The van der Waals surface area contributed by atoms with Gasteiger partial charge >= 0.3 is 0 Å². The van der Waals surface area contributed by atoms with Crippen molar-refractivity contribution in [3.8, 4) is 0 Å². The molecule has 2 amide bonds. The van der Waals surface area contributed by atoms with E-state index in [1.807, 2.05) is 43.3 Å². The summed E-state index contributed by atoms with van der Waals surface area (Å²) in [6.07, 6.45) is -0.751. The second-order valence-electron chi connectivity index (χ2n) is 6.89. The molecule has 2 N–H and O–H groups in total. The summed E-state index contributed by atoms with van der Waals surface area (Å²) in [6.45, 7) is 0. The molecule has 0 bridgehead atoms. The minimum atomic E-state index is -0.751. The average Bonchev–Trinajstić information content (AvgIpc) is 2.73. The number of nitrogens with one attached hydrogen (secondary N) is 2. The molecule has 0 unspecified atom stereocenters. The van der Waals surface area contributed by atoms with Crippen molar-refractivity contribution in [1.29, 1.82) is 0 Å². The van der Waals surface area contributed by atoms with Crippen LogP contribution < -0.4 is 15.5 Å². The van der Waals surface area contributed by atoms with Gasteiger partial charge in [0.25, 0.3) is 11.8 Å². The number of hydrogen-bond donors (Lipinski definition) is 2. The van der Waals surface area contributed by atoms with Gasteiger partial charge in [-0.15, -0.1) is 0 Å². The third-order valence-electron chi connectivity index (χ3n) is 4.47. The van der Waals surface area contributed by atoms with Gasteiger partial charge in [-0.05, 0) is 54.1 Å². The van der Waals surface area contributed by atoms with Crippen LogP contribution in [0.25, 0.3) is 0 Å². The molecule has 154 valence electrons. The molecule has 0 aromatic heterocycles. The fourth-order valence-corrected chi connectivity index (χ4v) is 3.24. The maximum atomic E-state index is 12.8. The second kappa shape index (κ2) is 9.65. The van der Waals surface area contributed by atoms with Crippen molar-refractivity contribution in [2.45, 2.75) is 6.17 Å². The number of amides is 2. The smallest absolute Gasteiger partial charge is 0.253 e. The molecule has 3 aromatic carbocycles.